The Bertz CT molecular complexity index is 419. The molecule has 0 spiro atoms. The quantitative estimate of drug-likeness (QED) is 0.267. The molecule has 0 aromatic heterocycles. The van der Waals surface area contributed by atoms with E-state index in [2.05, 4.69) is 19.2 Å². The van der Waals surface area contributed by atoms with Crippen molar-refractivity contribution in [3.8, 4) is 5.75 Å². The molecule has 1 N–H and O–H groups in total. The number of benzene rings is 1. The second-order valence-corrected chi connectivity index (χ2v) is 9.44. The number of thiol groups is 1. The summed E-state index contributed by atoms with van der Waals surface area (Å²) in [4.78, 5) is 9.50. The molecule has 0 aliphatic heterocycles. The molecule has 19 heavy (non-hydrogen) atoms. The summed E-state index contributed by atoms with van der Waals surface area (Å²) in [5, 5.41) is 0. The van der Waals surface area contributed by atoms with E-state index in [0.717, 1.165) is 18.4 Å². The molecular formula is C13H23BaO2PS2. The average Bonchev–Trinajstić information content (AvgIpc) is 2.29. The number of rotatable bonds is 8. The van der Waals surface area contributed by atoms with E-state index in [4.69, 9.17) is 16.3 Å². The average molecular weight is 444 g/mol. The maximum atomic E-state index is 9.50. The molecule has 0 bridgehead atoms. The zero-order chi connectivity index (χ0) is 13.4. The molecule has 1 rings (SSSR count). The minimum absolute atomic E-state index is 0. The van der Waals surface area contributed by atoms with Gasteiger partial charge in [0.1, 0.15) is 5.75 Å². The third kappa shape index (κ3) is 9.99. The Morgan fingerprint density at radius 2 is 1.89 bits per heavy atom. The van der Waals surface area contributed by atoms with Crippen LogP contribution in [-0.2, 0) is 18.2 Å². The minimum atomic E-state index is -2.94. The predicted octanol–water partition coefficient (Wildman–Crippen LogP) is 4.57. The second kappa shape index (κ2) is 11.2. The van der Waals surface area contributed by atoms with Gasteiger partial charge < -0.3 is 12.3 Å². The fourth-order valence-corrected chi connectivity index (χ4v) is 2.79. The first-order valence-corrected chi connectivity index (χ1v) is 10.2. The molecule has 0 aliphatic carbocycles. The van der Waals surface area contributed by atoms with Crippen LogP contribution in [0.5, 0.6) is 5.75 Å². The molecule has 1 aromatic rings. The van der Waals surface area contributed by atoms with E-state index < -0.39 is 5.69 Å². The van der Waals surface area contributed by atoms with Crippen LogP contribution in [0, 0.1) is 0 Å². The summed E-state index contributed by atoms with van der Waals surface area (Å²) in [6.45, 7) is 2.21. The SMILES string of the molecule is CCCCCCCc1ccccc1OP(O)(=S)S.[Ba+2].[H-].[H-]. The molecule has 0 saturated carbocycles. The van der Waals surface area contributed by atoms with Crippen LogP contribution in [-0.4, -0.2) is 53.8 Å². The van der Waals surface area contributed by atoms with Crippen molar-refractivity contribution in [1.82, 2.24) is 0 Å². The van der Waals surface area contributed by atoms with Gasteiger partial charge in [0.15, 0.2) is 0 Å². The van der Waals surface area contributed by atoms with Crippen LogP contribution in [0.2, 0.25) is 0 Å². The standard InChI is InChI=1S/C13H21O2PS2.Ba.2H/c1-2-3-4-5-6-9-12-10-7-8-11-13(12)15-16(14,17)18;;;/h7-8,10-11H,2-6,9H2,1H3,(H2,14,17,18);;;/q;+2;2*-1. The van der Waals surface area contributed by atoms with Crippen molar-refractivity contribution in [1.29, 1.82) is 0 Å². The van der Waals surface area contributed by atoms with Crippen LogP contribution in [0.3, 0.4) is 0 Å². The van der Waals surface area contributed by atoms with Crippen LogP contribution in [0.25, 0.3) is 0 Å². The van der Waals surface area contributed by atoms with E-state index in [1.165, 1.54) is 25.7 Å². The Hall–Kier alpha value is 1.55. The van der Waals surface area contributed by atoms with Crippen LogP contribution in [0.15, 0.2) is 24.3 Å². The van der Waals surface area contributed by atoms with E-state index in [-0.39, 0.29) is 51.7 Å². The monoisotopic (exact) mass is 444 g/mol. The van der Waals surface area contributed by atoms with Gasteiger partial charge in [-0.1, -0.05) is 63.1 Å². The molecule has 0 amide bonds. The summed E-state index contributed by atoms with van der Waals surface area (Å²) >= 11 is 8.71. The number of unbranched alkanes of at least 4 members (excludes halogenated alkanes) is 4. The van der Waals surface area contributed by atoms with Crippen molar-refractivity contribution in [3.63, 3.8) is 0 Å². The predicted molar refractivity (Wildman–Crippen MR) is 93.0 cm³/mol. The first kappa shape index (κ1) is 20.6. The smallest absolute Gasteiger partial charge is 1.00 e. The summed E-state index contributed by atoms with van der Waals surface area (Å²) in [6.07, 6.45) is 7.17. The Morgan fingerprint density at radius 3 is 2.53 bits per heavy atom. The van der Waals surface area contributed by atoms with E-state index >= 15 is 0 Å². The van der Waals surface area contributed by atoms with Crippen LogP contribution >= 0.6 is 17.9 Å². The van der Waals surface area contributed by atoms with Crippen molar-refractivity contribution in [3.05, 3.63) is 29.8 Å². The molecule has 2 nitrogen and oxygen atoms in total. The van der Waals surface area contributed by atoms with Gasteiger partial charge in [0, 0.05) is 0 Å². The van der Waals surface area contributed by atoms with Crippen molar-refractivity contribution in [2.75, 3.05) is 0 Å². The zero-order valence-electron chi connectivity index (χ0n) is 13.4. The maximum absolute atomic E-state index is 9.50. The zero-order valence-corrected chi connectivity index (χ0v) is 18.5. The normalized spacial score (nSPS) is 13.4. The van der Waals surface area contributed by atoms with E-state index in [1.54, 1.807) is 0 Å². The fourth-order valence-electron chi connectivity index (χ4n) is 1.85. The first-order valence-electron chi connectivity index (χ1n) is 6.36. The Morgan fingerprint density at radius 1 is 1.26 bits per heavy atom. The summed E-state index contributed by atoms with van der Waals surface area (Å²) < 4.78 is 5.36. The Balaban J connectivity index is -0.00000108. The number of para-hydroxylation sites is 1. The van der Waals surface area contributed by atoms with Gasteiger partial charge >= 0.3 is 48.9 Å². The first-order chi connectivity index (χ1) is 8.53. The molecule has 0 heterocycles. The molecule has 0 aliphatic rings. The Labute approximate surface area is 170 Å². The third-order valence-electron chi connectivity index (χ3n) is 2.74. The van der Waals surface area contributed by atoms with Gasteiger partial charge in [-0.05, 0) is 36.3 Å². The molecule has 1 atom stereocenters. The molecule has 1 unspecified atom stereocenters. The summed E-state index contributed by atoms with van der Waals surface area (Å²) in [7, 11) is 0. The van der Waals surface area contributed by atoms with Gasteiger partial charge in [0.2, 0.25) is 0 Å². The molecule has 0 radical (unpaired) electrons. The minimum Gasteiger partial charge on any atom is -1.00 e. The number of aryl methyl sites for hydroxylation is 1. The van der Waals surface area contributed by atoms with Gasteiger partial charge in [-0.15, -0.1) is 0 Å². The molecule has 1 aromatic carbocycles. The van der Waals surface area contributed by atoms with Crippen molar-refractivity contribution >= 4 is 78.6 Å². The molecule has 0 saturated heterocycles. The third-order valence-corrected chi connectivity index (χ3v) is 3.64. The van der Waals surface area contributed by atoms with Crippen molar-refractivity contribution < 1.29 is 12.3 Å². The summed E-state index contributed by atoms with van der Waals surface area (Å²) in [5.41, 5.74) is -1.83. The Kier molecular flexibility index (Phi) is 12.1. The van der Waals surface area contributed by atoms with Crippen molar-refractivity contribution in [2.24, 2.45) is 0 Å². The van der Waals surface area contributed by atoms with Crippen LogP contribution in [0.4, 0.5) is 0 Å². The van der Waals surface area contributed by atoms with Gasteiger partial charge in [0.25, 0.3) is 5.69 Å². The second-order valence-electron chi connectivity index (χ2n) is 4.35. The van der Waals surface area contributed by atoms with E-state index in [1.807, 2.05) is 24.3 Å². The largest absolute Gasteiger partial charge is 2.00 e. The summed E-state index contributed by atoms with van der Waals surface area (Å²) in [6, 6.07) is 7.73. The van der Waals surface area contributed by atoms with Gasteiger partial charge in [-0.2, -0.15) is 0 Å². The number of hydrogen-bond donors (Lipinski definition) is 2. The summed E-state index contributed by atoms with van der Waals surface area (Å²) in [5.74, 6) is 0.675. The molecule has 0 fully saturated rings. The topological polar surface area (TPSA) is 29.5 Å². The maximum Gasteiger partial charge on any atom is 2.00 e. The van der Waals surface area contributed by atoms with E-state index in [0.29, 0.717) is 5.75 Å². The van der Waals surface area contributed by atoms with E-state index in [9.17, 15) is 4.89 Å². The van der Waals surface area contributed by atoms with Gasteiger partial charge in [-0.3, -0.25) is 0 Å². The van der Waals surface area contributed by atoms with Crippen LogP contribution < -0.4 is 4.52 Å². The van der Waals surface area contributed by atoms with Crippen molar-refractivity contribution in [2.45, 2.75) is 45.4 Å². The molecule has 106 valence electrons. The number of hydrogen-bond acceptors (Lipinski definition) is 2. The van der Waals surface area contributed by atoms with Gasteiger partial charge in [-0.25, -0.2) is 0 Å². The molecule has 6 heteroatoms. The molecular weight excluding hydrogens is 421 g/mol. The fraction of sp³-hybridized carbons (Fsp3) is 0.538. The van der Waals surface area contributed by atoms with Gasteiger partial charge in [0.05, 0.1) is 0 Å². The van der Waals surface area contributed by atoms with Crippen LogP contribution in [0.1, 0.15) is 47.4 Å².